The largest absolute Gasteiger partial charge is 0.748 e. The second kappa shape index (κ2) is 10.7. The molecule has 0 atom stereocenters. The Balaban J connectivity index is 0.000000318. The van der Waals surface area contributed by atoms with Crippen molar-refractivity contribution in [1.82, 2.24) is 5.32 Å². The summed E-state index contributed by atoms with van der Waals surface area (Å²) in [5.41, 5.74) is 1.27. The minimum absolute atomic E-state index is 0. The molecule has 2 nitrogen and oxygen atoms in total. The van der Waals surface area contributed by atoms with Crippen molar-refractivity contribution in [2.24, 2.45) is 0 Å². The van der Waals surface area contributed by atoms with Crippen molar-refractivity contribution in [3.8, 4) is 0 Å². The predicted octanol–water partition coefficient (Wildman–Crippen LogP) is 1.89. The first-order valence-electron chi connectivity index (χ1n) is 5.12. The Bertz CT molecular complexity index is 285. The molecule has 2 aromatic carbocycles. The average Bonchev–Trinajstić information content (AvgIpc) is 2.94. The molecule has 0 spiro atoms. The Hall–Kier alpha value is -0.861. The number of rotatable bonds is 4. The van der Waals surface area contributed by atoms with Gasteiger partial charge in [-0.1, -0.05) is 0 Å². The molecule has 0 aliphatic rings. The van der Waals surface area contributed by atoms with Crippen LogP contribution in [0.2, 0.25) is 0 Å². The molecular formula is C13H17FeNO-6. The fraction of sp³-hybridized carbons (Fsp3) is 0.231. The maximum absolute atomic E-state index is 8.43. The van der Waals surface area contributed by atoms with Crippen molar-refractivity contribution in [1.29, 1.82) is 0 Å². The van der Waals surface area contributed by atoms with Crippen molar-refractivity contribution in [2.45, 2.75) is 6.54 Å². The first-order valence-corrected chi connectivity index (χ1v) is 5.12. The van der Waals surface area contributed by atoms with Crippen LogP contribution in [0.15, 0.2) is 54.6 Å². The molecule has 0 unspecified atom stereocenters. The van der Waals surface area contributed by atoms with Gasteiger partial charge in [0.05, 0.1) is 6.61 Å². The van der Waals surface area contributed by atoms with Gasteiger partial charge in [-0.05, 0) is 0 Å². The molecule has 0 aliphatic carbocycles. The summed E-state index contributed by atoms with van der Waals surface area (Å²) in [5, 5.41) is 11.5. The molecule has 2 aromatic rings. The number of hydrogen-bond donors (Lipinski definition) is 2. The Kier molecular flexibility index (Phi) is 10.1. The molecule has 3 heteroatoms. The summed E-state index contributed by atoms with van der Waals surface area (Å²) >= 11 is 0. The van der Waals surface area contributed by atoms with Gasteiger partial charge in [0.15, 0.2) is 0 Å². The fourth-order valence-corrected chi connectivity index (χ4v) is 1.16. The molecular weight excluding hydrogens is 242 g/mol. The molecule has 2 N–H and O–H groups in total. The number of nitrogens with one attached hydrogen (secondary N) is 1. The van der Waals surface area contributed by atoms with Crippen LogP contribution in [-0.2, 0) is 23.6 Å². The van der Waals surface area contributed by atoms with Gasteiger partial charge < -0.3 is 40.3 Å². The fourth-order valence-electron chi connectivity index (χ4n) is 1.16. The Morgan fingerprint density at radius 1 is 1.12 bits per heavy atom. The second-order valence-corrected chi connectivity index (χ2v) is 3.16. The van der Waals surface area contributed by atoms with Gasteiger partial charge in [-0.15, -0.1) is 0 Å². The van der Waals surface area contributed by atoms with E-state index in [1.165, 1.54) is 5.56 Å². The minimum Gasteiger partial charge on any atom is -0.748 e. The summed E-state index contributed by atoms with van der Waals surface area (Å²) in [6.07, 6.45) is 0. The van der Waals surface area contributed by atoms with E-state index in [0.29, 0.717) is 6.54 Å². The molecule has 0 bridgehead atoms. The van der Waals surface area contributed by atoms with Crippen LogP contribution in [0.4, 0.5) is 0 Å². The molecule has 0 saturated heterocycles. The van der Waals surface area contributed by atoms with Crippen LogP contribution in [0, 0.1) is 0 Å². The third kappa shape index (κ3) is 7.43. The zero-order valence-electron chi connectivity index (χ0n) is 9.12. The first kappa shape index (κ1) is 15.1. The smallest absolute Gasteiger partial charge is 0.0554 e. The molecule has 2 rings (SSSR count). The second-order valence-electron chi connectivity index (χ2n) is 3.16. The van der Waals surface area contributed by atoms with Crippen LogP contribution in [-0.4, -0.2) is 18.3 Å². The quantitative estimate of drug-likeness (QED) is 0.499. The summed E-state index contributed by atoms with van der Waals surface area (Å²) in [6, 6.07) is 18.1. The van der Waals surface area contributed by atoms with Gasteiger partial charge in [-0.2, -0.15) is 24.7 Å². The molecule has 94 valence electrons. The number of aliphatic hydroxyl groups is 1. The molecule has 16 heavy (non-hydrogen) atoms. The van der Waals surface area contributed by atoms with Crippen molar-refractivity contribution in [3.63, 3.8) is 0 Å². The number of hydrogen-bond acceptors (Lipinski definition) is 2. The van der Waals surface area contributed by atoms with E-state index in [-0.39, 0.29) is 23.7 Å². The van der Waals surface area contributed by atoms with E-state index in [2.05, 4.69) is 17.4 Å². The average molecular weight is 259 g/mol. The SMILES string of the molecule is OCCNC[c-]1[cH-][cH-][cH-][cH-]1.[Fe].c1cc[cH-]c1. The molecule has 0 saturated carbocycles. The van der Waals surface area contributed by atoms with Gasteiger partial charge in [-0.25, -0.2) is 12.1 Å². The van der Waals surface area contributed by atoms with E-state index in [9.17, 15) is 0 Å². The van der Waals surface area contributed by atoms with Crippen molar-refractivity contribution < 1.29 is 22.2 Å². The Morgan fingerprint density at radius 2 is 1.75 bits per heavy atom. The van der Waals surface area contributed by atoms with Gasteiger partial charge in [0.25, 0.3) is 0 Å². The van der Waals surface area contributed by atoms with Gasteiger partial charge in [0.1, 0.15) is 0 Å². The minimum atomic E-state index is 0. The van der Waals surface area contributed by atoms with E-state index in [1.54, 1.807) is 0 Å². The van der Waals surface area contributed by atoms with Crippen molar-refractivity contribution in [3.05, 3.63) is 60.2 Å². The van der Waals surface area contributed by atoms with E-state index < -0.39 is 0 Å². The summed E-state index contributed by atoms with van der Waals surface area (Å²) in [6.45, 7) is 1.74. The standard InChI is InChI=1S/C8H12NO.C5H5.Fe/c10-6-5-9-7-8-3-1-2-4-8;1-2-4-5-3-1;/h1-4,9-10H,5-7H2;1-5H;/q-5;-1;. The monoisotopic (exact) mass is 259 g/mol. The third-order valence-corrected chi connectivity index (χ3v) is 1.90. The van der Waals surface area contributed by atoms with Crippen LogP contribution in [0.1, 0.15) is 5.56 Å². The Labute approximate surface area is 108 Å². The van der Waals surface area contributed by atoms with Crippen LogP contribution in [0.25, 0.3) is 0 Å². The molecule has 0 amide bonds. The molecule has 0 aromatic heterocycles. The predicted molar refractivity (Wildman–Crippen MR) is 62.9 cm³/mol. The van der Waals surface area contributed by atoms with E-state index >= 15 is 0 Å². The van der Waals surface area contributed by atoms with Crippen molar-refractivity contribution in [2.75, 3.05) is 13.2 Å². The number of aliphatic hydroxyl groups excluding tert-OH is 1. The van der Waals surface area contributed by atoms with Gasteiger partial charge in [0.2, 0.25) is 0 Å². The van der Waals surface area contributed by atoms with E-state index in [0.717, 1.165) is 6.54 Å². The zero-order valence-corrected chi connectivity index (χ0v) is 10.2. The van der Waals surface area contributed by atoms with E-state index in [4.69, 9.17) is 5.11 Å². The van der Waals surface area contributed by atoms with Gasteiger partial charge >= 0.3 is 0 Å². The van der Waals surface area contributed by atoms with Gasteiger partial charge in [0, 0.05) is 23.6 Å². The Morgan fingerprint density at radius 3 is 2.19 bits per heavy atom. The first-order chi connectivity index (χ1) is 7.43. The molecule has 0 fully saturated rings. The van der Waals surface area contributed by atoms with Crippen LogP contribution < -0.4 is 5.32 Å². The summed E-state index contributed by atoms with van der Waals surface area (Å²) in [4.78, 5) is 0. The van der Waals surface area contributed by atoms with Crippen molar-refractivity contribution >= 4 is 0 Å². The molecule has 0 radical (unpaired) electrons. The van der Waals surface area contributed by atoms with Gasteiger partial charge in [-0.3, -0.25) is 0 Å². The molecule has 0 heterocycles. The zero-order chi connectivity index (χ0) is 10.8. The van der Waals surface area contributed by atoms with Crippen LogP contribution >= 0.6 is 0 Å². The topological polar surface area (TPSA) is 32.3 Å². The maximum Gasteiger partial charge on any atom is 0.0554 e. The van der Waals surface area contributed by atoms with Crippen LogP contribution in [0.5, 0.6) is 0 Å². The van der Waals surface area contributed by atoms with E-state index in [1.807, 2.05) is 42.5 Å². The summed E-state index contributed by atoms with van der Waals surface area (Å²) in [7, 11) is 0. The third-order valence-electron chi connectivity index (χ3n) is 1.90. The normalized spacial score (nSPS) is 8.81. The summed E-state index contributed by atoms with van der Waals surface area (Å²) in [5.74, 6) is 0. The summed E-state index contributed by atoms with van der Waals surface area (Å²) < 4.78 is 0. The maximum atomic E-state index is 8.43. The molecule has 0 aliphatic heterocycles. The van der Waals surface area contributed by atoms with Crippen LogP contribution in [0.3, 0.4) is 0 Å².